The minimum absolute atomic E-state index is 0.0457. The van der Waals surface area contributed by atoms with Gasteiger partial charge in [0.25, 0.3) is 5.91 Å². The van der Waals surface area contributed by atoms with Gasteiger partial charge < -0.3 is 14.8 Å². The summed E-state index contributed by atoms with van der Waals surface area (Å²) in [5.74, 6) is -1.18. The highest BCUT2D eigenvalue weighted by Crippen LogP contribution is 2.15. The van der Waals surface area contributed by atoms with Crippen LogP contribution in [0.2, 0.25) is 0 Å². The van der Waals surface area contributed by atoms with E-state index in [0.29, 0.717) is 13.2 Å². The number of esters is 1. The molecule has 8 nitrogen and oxygen atoms in total. The molecule has 0 unspecified atom stereocenters. The van der Waals surface area contributed by atoms with Gasteiger partial charge in [-0.25, -0.2) is 17.9 Å². The third-order valence-corrected chi connectivity index (χ3v) is 5.33. The Morgan fingerprint density at radius 3 is 2.81 bits per heavy atom. The summed E-state index contributed by atoms with van der Waals surface area (Å²) in [6.07, 6.45) is 0.626. The van der Waals surface area contributed by atoms with Crippen LogP contribution >= 0.6 is 0 Å². The van der Waals surface area contributed by atoms with Crippen LogP contribution in [0, 0.1) is 0 Å². The zero-order valence-electron chi connectivity index (χ0n) is 14.9. The molecule has 0 aromatic heterocycles. The van der Waals surface area contributed by atoms with E-state index in [1.165, 1.54) is 31.2 Å². The van der Waals surface area contributed by atoms with E-state index in [1.54, 1.807) is 6.92 Å². The first-order chi connectivity index (χ1) is 12.3. The van der Waals surface area contributed by atoms with Crippen LogP contribution in [-0.4, -0.2) is 52.2 Å². The Labute approximate surface area is 153 Å². The highest BCUT2D eigenvalue weighted by atomic mass is 32.2. The molecule has 0 saturated carbocycles. The van der Waals surface area contributed by atoms with Crippen molar-refractivity contribution in [2.75, 3.05) is 19.7 Å². The van der Waals surface area contributed by atoms with Crippen molar-refractivity contribution in [1.29, 1.82) is 0 Å². The molecule has 0 radical (unpaired) electrons. The molecule has 9 heteroatoms. The van der Waals surface area contributed by atoms with Gasteiger partial charge in [0.2, 0.25) is 10.0 Å². The van der Waals surface area contributed by atoms with Crippen molar-refractivity contribution in [3.8, 4) is 0 Å². The van der Waals surface area contributed by atoms with Crippen LogP contribution in [-0.2, 0) is 24.3 Å². The van der Waals surface area contributed by atoms with E-state index in [0.717, 1.165) is 12.8 Å². The van der Waals surface area contributed by atoms with Gasteiger partial charge in [-0.05, 0) is 44.9 Å². The molecule has 1 aromatic rings. The van der Waals surface area contributed by atoms with Gasteiger partial charge in [0.05, 0.1) is 16.6 Å². The van der Waals surface area contributed by atoms with Crippen molar-refractivity contribution < 1.29 is 27.5 Å². The zero-order valence-corrected chi connectivity index (χ0v) is 15.7. The van der Waals surface area contributed by atoms with E-state index in [9.17, 15) is 18.0 Å². The van der Waals surface area contributed by atoms with Crippen molar-refractivity contribution in [2.45, 2.75) is 43.8 Å². The number of sulfonamides is 1. The number of rotatable bonds is 8. The molecule has 1 aliphatic rings. The van der Waals surface area contributed by atoms with Crippen molar-refractivity contribution in [3.63, 3.8) is 0 Å². The second-order valence-corrected chi connectivity index (χ2v) is 7.72. The first-order valence-electron chi connectivity index (χ1n) is 8.53. The second-order valence-electron chi connectivity index (χ2n) is 5.96. The summed E-state index contributed by atoms with van der Waals surface area (Å²) in [6, 6.07) is 5.51. The van der Waals surface area contributed by atoms with Crippen LogP contribution in [0.3, 0.4) is 0 Å². The molecule has 144 valence electrons. The van der Waals surface area contributed by atoms with Gasteiger partial charge in [0.1, 0.15) is 0 Å². The molecule has 1 saturated heterocycles. The fourth-order valence-corrected chi connectivity index (χ4v) is 3.59. The van der Waals surface area contributed by atoms with Gasteiger partial charge in [-0.3, -0.25) is 4.79 Å². The summed E-state index contributed by atoms with van der Waals surface area (Å²) in [4.78, 5) is 23.8. The maximum absolute atomic E-state index is 12.4. The molecule has 0 bridgehead atoms. The van der Waals surface area contributed by atoms with Gasteiger partial charge >= 0.3 is 5.97 Å². The highest BCUT2D eigenvalue weighted by molar-refractivity contribution is 7.89. The molecule has 2 rings (SSSR count). The summed E-state index contributed by atoms with van der Waals surface area (Å²) in [6.45, 7) is 4.45. The fourth-order valence-electron chi connectivity index (χ4n) is 2.48. The summed E-state index contributed by atoms with van der Waals surface area (Å²) < 4.78 is 37.7. The number of likely N-dealkylation sites (N-methyl/N-ethyl adjacent to an activating group) is 1. The Morgan fingerprint density at radius 2 is 2.15 bits per heavy atom. The number of carbonyl (C=O) groups excluding carboxylic acids is 2. The molecule has 1 heterocycles. The minimum atomic E-state index is -3.77. The van der Waals surface area contributed by atoms with Gasteiger partial charge in [0, 0.05) is 19.7 Å². The van der Waals surface area contributed by atoms with Gasteiger partial charge in [-0.2, -0.15) is 0 Å². The summed E-state index contributed by atoms with van der Waals surface area (Å²) in [5, 5.41) is 2.55. The van der Waals surface area contributed by atoms with Crippen molar-refractivity contribution in [2.24, 2.45) is 0 Å². The average Bonchev–Trinajstić information content (AvgIpc) is 3.14. The number of ether oxygens (including phenoxy) is 2. The number of amides is 1. The van der Waals surface area contributed by atoms with Crippen LogP contribution in [0.25, 0.3) is 0 Å². The first kappa shape index (κ1) is 20.3. The number of carbonyl (C=O) groups is 2. The predicted octanol–water partition coefficient (Wildman–Crippen LogP) is 0.825. The minimum Gasteiger partial charge on any atom is -0.449 e. The van der Waals surface area contributed by atoms with Gasteiger partial charge in [0.15, 0.2) is 6.10 Å². The number of benzene rings is 1. The van der Waals surface area contributed by atoms with Crippen molar-refractivity contribution in [3.05, 3.63) is 29.8 Å². The van der Waals surface area contributed by atoms with E-state index < -0.39 is 28.0 Å². The molecule has 26 heavy (non-hydrogen) atoms. The number of nitrogens with one attached hydrogen (secondary N) is 2. The van der Waals surface area contributed by atoms with Crippen LogP contribution in [0.1, 0.15) is 37.0 Å². The zero-order chi connectivity index (χ0) is 19.2. The van der Waals surface area contributed by atoms with E-state index in [1.807, 2.05) is 0 Å². The Morgan fingerprint density at radius 1 is 1.38 bits per heavy atom. The molecule has 2 atom stereocenters. The Bertz CT molecular complexity index is 743. The van der Waals surface area contributed by atoms with Crippen molar-refractivity contribution >= 4 is 21.9 Å². The predicted molar refractivity (Wildman–Crippen MR) is 94.2 cm³/mol. The van der Waals surface area contributed by atoms with E-state index >= 15 is 0 Å². The smallest absolute Gasteiger partial charge is 0.338 e. The first-order valence-corrected chi connectivity index (χ1v) is 10.0. The molecule has 1 aliphatic heterocycles. The standard InChI is InChI=1S/C17H24N2O6S/c1-3-18-16(20)12(2)25-17(21)13-6-4-8-15(10-13)26(22,23)19-11-14-7-5-9-24-14/h4,6,8,10,12,14,19H,3,5,7,9,11H2,1-2H3,(H,18,20)/t12-,14-/m0/s1. The largest absolute Gasteiger partial charge is 0.449 e. The second kappa shape index (κ2) is 9.11. The lowest BCUT2D eigenvalue weighted by Gasteiger charge is -2.14. The van der Waals surface area contributed by atoms with E-state index in [2.05, 4.69) is 10.0 Å². The summed E-state index contributed by atoms with van der Waals surface area (Å²) in [5.41, 5.74) is 0.0566. The maximum Gasteiger partial charge on any atom is 0.338 e. The van der Waals surface area contributed by atoms with Crippen LogP contribution in [0.4, 0.5) is 0 Å². The van der Waals surface area contributed by atoms with E-state index in [4.69, 9.17) is 9.47 Å². The lowest BCUT2D eigenvalue weighted by Crippen LogP contribution is -2.35. The molecule has 0 aliphatic carbocycles. The summed E-state index contributed by atoms with van der Waals surface area (Å²) in [7, 11) is -3.77. The SMILES string of the molecule is CCNC(=O)[C@H](C)OC(=O)c1cccc(S(=O)(=O)NC[C@@H]2CCCO2)c1. The van der Waals surface area contributed by atoms with Gasteiger partial charge in [-0.1, -0.05) is 6.07 Å². The third kappa shape index (κ3) is 5.52. The molecular formula is C17H24N2O6S. The Hall–Kier alpha value is -1.97. The molecule has 1 amide bonds. The normalized spacial score (nSPS) is 18.3. The fraction of sp³-hybridized carbons (Fsp3) is 0.529. The van der Waals surface area contributed by atoms with E-state index in [-0.39, 0.29) is 23.1 Å². The lowest BCUT2D eigenvalue weighted by molar-refractivity contribution is -0.128. The quantitative estimate of drug-likeness (QED) is 0.642. The highest BCUT2D eigenvalue weighted by Gasteiger charge is 2.22. The number of hydrogen-bond acceptors (Lipinski definition) is 6. The summed E-state index contributed by atoms with van der Waals surface area (Å²) >= 11 is 0. The third-order valence-electron chi connectivity index (χ3n) is 3.91. The molecule has 1 aromatic carbocycles. The van der Waals surface area contributed by atoms with Gasteiger partial charge in [-0.15, -0.1) is 0 Å². The molecule has 0 spiro atoms. The number of hydrogen-bond donors (Lipinski definition) is 2. The van der Waals surface area contributed by atoms with Crippen LogP contribution < -0.4 is 10.0 Å². The average molecular weight is 384 g/mol. The van der Waals surface area contributed by atoms with Crippen LogP contribution in [0.15, 0.2) is 29.2 Å². The topological polar surface area (TPSA) is 111 Å². The van der Waals surface area contributed by atoms with Crippen LogP contribution in [0.5, 0.6) is 0 Å². The van der Waals surface area contributed by atoms with Crippen molar-refractivity contribution in [1.82, 2.24) is 10.0 Å². The Balaban J connectivity index is 2.03. The molecule has 2 N–H and O–H groups in total. The Kier molecular flexibility index (Phi) is 7.13. The molecular weight excluding hydrogens is 360 g/mol. The monoisotopic (exact) mass is 384 g/mol. The maximum atomic E-state index is 12.4. The molecule has 1 fully saturated rings. The lowest BCUT2D eigenvalue weighted by atomic mass is 10.2.